The Labute approximate surface area is 162 Å². The normalized spacial score (nSPS) is 13.2. The summed E-state index contributed by atoms with van der Waals surface area (Å²) in [6, 6.07) is 6.81. The highest BCUT2D eigenvalue weighted by Crippen LogP contribution is 2.33. The van der Waals surface area contributed by atoms with Crippen LogP contribution in [0.25, 0.3) is 0 Å². The largest absolute Gasteiger partial charge is 0.422 e. The predicted molar refractivity (Wildman–Crippen MR) is 105 cm³/mol. The summed E-state index contributed by atoms with van der Waals surface area (Å²) in [4.78, 5) is 38.6. The van der Waals surface area contributed by atoms with Crippen molar-refractivity contribution in [2.45, 2.75) is 26.7 Å². The first kappa shape index (κ1) is 19.1. The smallest absolute Gasteiger partial charge is 0.354 e. The molecule has 1 aliphatic rings. The number of nitrogens with one attached hydrogen (secondary N) is 1. The fraction of sp³-hybridized carbons (Fsp3) is 0.350. The number of aryl methyl sites for hydroxylation is 2. The molecule has 1 N–H and O–H groups in total. The number of esters is 1. The molecule has 1 heterocycles. The lowest BCUT2D eigenvalue weighted by Gasteiger charge is -2.13. The summed E-state index contributed by atoms with van der Waals surface area (Å²) >= 11 is 1.20. The summed E-state index contributed by atoms with van der Waals surface area (Å²) in [5.74, 6) is -0.208. The van der Waals surface area contributed by atoms with Crippen LogP contribution >= 0.6 is 11.3 Å². The molecule has 0 unspecified atom stereocenters. The highest BCUT2D eigenvalue weighted by Gasteiger charge is 2.30. The molecule has 7 heteroatoms. The van der Waals surface area contributed by atoms with Crippen molar-refractivity contribution in [1.82, 2.24) is 4.90 Å². The topological polar surface area (TPSA) is 75.7 Å². The van der Waals surface area contributed by atoms with E-state index in [1.807, 2.05) is 6.92 Å². The van der Waals surface area contributed by atoms with Gasteiger partial charge in [0.2, 0.25) is 5.91 Å². The fourth-order valence-electron chi connectivity index (χ4n) is 2.56. The van der Waals surface area contributed by atoms with E-state index in [1.54, 1.807) is 45.3 Å². The number of nitrogens with zero attached hydrogens (tertiary/aromatic N) is 1. The molecule has 27 heavy (non-hydrogen) atoms. The molecule has 142 valence electrons. The Morgan fingerprint density at radius 1 is 1.11 bits per heavy atom. The van der Waals surface area contributed by atoms with Gasteiger partial charge in [0.1, 0.15) is 10.6 Å². The van der Waals surface area contributed by atoms with E-state index in [9.17, 15) is 14.4 Å². The van der Waals surface area contributed by atoms with Crippen molar-refractivity contribution < 1.29 is 19.1 Å². The van der Waals surface area contributed by atoms with Gasteiger partial charge in [0.25, 0.3) is 5.91 Å². The van der Waals surface area contributed by atoms with Gasteiger partial charge in [0.05, 0.1) is 5.00 Å². The lowest BCUT2D eigenvalue weighted by Crippen LogP contribution is -2.21. The van der Waals surface area contributed by atoms with E-state index < -0.39 is 5.97 Å². The first-order chi connectivity index (χ1) is 12.8. The van der Waals surface area contributed by atoms with Crippen LogP contribution in [0.3, 0.4) is 0 Å². The van der Waals surface area contributed by atoms with Crippen LogP contribution in [-0.2, 0) is 4.79 Å². The third-order valence-electron chi connectivity index (χ3n) is 4.34. The molecule has 0 radical (unpaired) electrons. The Bertz CT molecular complexity index is 913. The number of amides is 2. The van der Waals surface area contributed by atoms with Crippen molar-refractivity contribution in [1.29, 1.82) is 0 Å². The van der Waals surface area contributed by atoms with Gasteiger partial charge in [-0.25, -0.2) is 4.79 Å². The summed E-state index contributed by atoms with van der Waals surface area (Å²) in [5, 5.41) is 3.50. The maximum Gasteiger partial charge on any atom is 0.354 e. The van der Waals surface area contributed by atoms with Crippen LogP contribution in [0, 0.1) is 19.8 Å². The second-order valence-corrected chi connectivity index (χ2v) is 8.01. The van der Waals surface area contributed by atoms with E-state index in [-0.39, 0.29) is 17.7 Å². The number of anilines is 1. The van der Waals surface area contributed by atoms with Gasteiger partial charge in [0, 0.05) is 25.6 Å². The molecule has 2 aromatic rings. The number of thiophene rings is 1. The average molecular weight is 386 g/mol. The Kier molecular flexibility index (Phi) is 5.32. The van der Waals surface area contributed by atoms with E-state index >= 15 is 0 Å². The molecule has 1 saturated carbocycles. The van der Waals surface area contributed by atoms with Crippen molar-refractivity contribution in [3.05, 3.63) is 45.8 Å². The SMILES string of the molecule is Cc1ccc(C(=O)N(C)C)cc1OC(=O)c1sc(NC(=O)C2CC2)cc1C. The number of rotatable bonds is 5. The van der Waals surface area contributed by atoms with Gasteiger partial charge in [-0.15, -0.1) is 11.3 Å². The number of hydrogen-bond acceptors (Lipinski definition) is 5. The molecule has 0 atom stereocenters. The van der Waals surface area contributed by atoms with Crippen molar-refractivity contribution in [2.24, 2.45) is 5.92 Å². The second kappa shape index (κ2) is 7.52. The molecule has 2 amide bonds. The summed E-state index contributed by atoms with van der Waals surface area (Å²) < 4.78 is 5.55. The molecule has 6 nitrogen and oxygen atoms in total. The summed E-state index contributed by atoms with van der Waals surface area (Å²) in [5.41, 5.74) is 1.96. The number of benzene rings is 1. The number of hydrogen-bond donors (Lipinski definition) is 1. The van der Waals surface area contributed by atoms with Gasteiger partial charge in [-0.2, -0.15) is 0 Å². The highest BCUT2D eigenvalue weighted by atomic mass is 32.1. The maximum atomic E-state index is 12.6. The molecular weight excluding hydrogens is 364 g/mol. The standard InChI is InChI=1S/C20H22N2O4S/c1-11-5-6-14(19(24)22(3)4)10-15(11)26-20(25)17-12(2)9-16(27-17)21-18(23)13-7-8-13/h5-6,9-10,13H,7-8H2,1-4H3,(H,21,23). The van der Waals surface area contributed by atoms with Gasteiger partial charge in [0.15, 0.2) is 0 Å². The lowest BCUT2D eigenvalue weighted by molar-refractivity contribution is -0.117. The minimum absolute atomic E-state index is 0.00177. The average Bonchev–Trinajstić information content (AvgIpc) is 3.40. The molecule has 0 saturated heterocycles. The molecule has 1 fully saturated rings. The molecule has 0 spiro atoms. The Morgan fingerprint density at radius 2 is 1.81 bits per heavy atom. The van der Waals surface area contributed by atoms with Crippen molar-refractivity contribution >= 4 is 34.1 Å². The van der Waals surface area contributed by atoms with Gasteiger partial charge in [-0.1, -0.05) is 6.07 Å². The molecule has 0 bridgehead atoms. The van der Waals surface area contributed by atoms with Crippen molar-refractivity contribution in [2.75, 3.05) is 19.4 Å². The monoisotopic (exact) mass is 386 g/mol. The molecule has 1 aromatic heterocycles. The summed E-state index contributed by atoms with van der Waals surface area (Å²) in [6.07, 6.45) is 1.85. The van der Waals surface area contributed by atoms with Crippen LogP contribution in [0.4, 0.5) is 5.00 Å². The van der Waals surface area contributed by atoms with Crippen LogP contribution in [0.1, 0.15) is 44.0 Å². The third kappa shape index (κ3) is 4.36. The third-order valence-corrected chi connectivity index (χ3v) is 5.47. The van der Waals surface area contributed by atoms with E-state index in [1.165, 1.54) is 16.2 Å². The van der Waals surface area contributed by atoms with E-state index in [2.05, 4.69) is 5.32 Å². The zero-order valence-corrected chi connectivity index (χ0v) is 16.6. The first-order valence-electron chi connectivity index (χ1n) is 8.72. The van der Waals surface area contributed by atoms with Gasteiger partial charge in [-0.3, -0.25) is 9.59 Å². The van der Waals surface area contributed by atoms with Crippen LogP contribution < -0.4 is 10.1 Å². The fourth-order valence-corrected chi connectivity index (χ4v) is 3.52. The van der Waals surface area contributed by atoms with Crippen LogP contribution in [0.2, 0.25) is 0 Å². The molecular formula is C20H22N2O4S. The number of carbonyl (C=O) groups is 3. The second-order valence-electron chi connectivity index (χ2n) is 6.96. The zero-order valence-electron chi connectivity index (χ0n) is 15.8. The summed E-state index contributed by atoms with van der Waals surface area (Å²) in [7, 11) is 3.33. The van der Waals surface area contributed by atoms with Gasteiger partial charge >= 0.3 is 5.97 Å². The van der Waals surface area contributed by atoms with Crippen LogP contribution in [0.15, 0.2) is 24.3 Å². The highest BCUT2D eigenvalue weighted by molar-refractivity contribution is 7.18. The van der Waals surface area contributed by atoms with Crippen LogP contribution in [0.5, 0.6) is 5.75 Å². The Hall–Kier alpha value is -2.67. The van der Waals surface area contributed by atoms with E-state index in [0.717, 1.165) is 24.0 Å². The first-order valence-corrected chi connectivity index (χ1v) is 9.53. The Morgan fingerprint density at radius 3 is 2.44 bits per heavy atom. The predicted octanol–water partition coefficient (Wildman–Crippen LogP) is 3.63. The molecule has 1 aliphatic carbocycles. The maximum absolute atomic E-state index is 12.6. The number of ether oxygens (including phenoxy) is 1. The minimum Gasteiger partial charge on any atom is -0.422 e. The lowest BCUT2D eigenvalue weighted by atomic mass is 10.1. The zero-order chi connectivity index (χ0) is 19.7. The van der Waals surface area contributed by atoms with Crippen molar-refractivity contribution in [3.63, 3.8) is 0 Å². The van der Waals surface area contributed by atoms with Crippen LogP contribution in [-0.4, -0.2) is 36.8 Å². The molecule has 3 rings (SSSR count). The van der Waals surface area contributed by atoms with Crippen molar-refractivity contribution in [3.8, 4) is 5.75 Å². The Balaban J connectivity index is 1.77. The van der Waals surface area contributed by atoms with Gasteiger partial charge < -0.3 is 15.0 Å². The number of carbonyl (C=O) groups excluding carboxylic acids is 3. The summed E-state index contributed by atoms with van der Waals surface area (Å²) in [6.45, 7) is 3.62. The molecule has 0 aliphatic heterocycles. The van der Waals surface area contributed by atoms with E-state index in [4.69, 9.17) is 4.74 Å². The molecule has 1 aromatic carbocycles. The van der Waals surface area contributed by atoms with Gasteiger partial charge in [-0.05, 0) is 56.0 Å². The quantitative estimate of drug-likeness (QED) is 0.629. The minimum atomic E-state index is -0.498. The van der Waals surface area contributed by atoms with E-state index in [0.29, 0.717) is 21.2 Å².